The molecule has 8 heteroatoms. The van der Waals surface area contributed by atoms with Crippen molar-refractivity contribution in [1.29, 1.82) is 0 Å². The van der Waals surface area contributed by atoms with Gasteiger partial charge < -0.3 is 19.9 Å². The van der Waals surface area contributed by atoms with Crippen molar-refractivity contribution >= 4 is 11.9 Å². The Morgan fingerprint density at radius 2 is 2.05 bits per heavy atom. The summed E-state index contributed by atoms with van der Waals surface area (Å²) in [5.41, 5.74) is -0.139. The summed E-state index contributed by atoms with van der Waals surface area (Å²) in [7, 11) is 0. The summed E-state index contributed by atoms with van der Waals surface area (Å²) in [5, 5.41) is 27.4. The predicted octanol–water partition coefficient (Wildman–Crippen LogP) is -0.0649. The van der Waals surface area contributed by atoms with Crippen LogP contribution in [0.5, 0.6) is 5.75 Å². The summed E-state index contributed by atoms with van der Waals surface area (Å²) in [6.45, 7) is 0.940. The Kier molecular flexibility index (Phi) is 4.81. The second-order valence-corrected chi connectivity index (χ2v) is 5.45. The SMILES string of the molecule is O=C(O)Cn1cc(O)c(=O)cc1CN1CCCC(C(=O)O)C1. The largest absolute Gasteiger partial charge is 0.503 e. The topological polar surface area (TPSA) is 120 Å². The number of aliphatic carboxylic acids is 2. The molecule has 1 fully saturated rings. The van der Waals surface area contributed by atoms with Gasteiger partial charge in [-0.1, -0.05) is 0 Å². The van der Waals surface area contributed by atoms with Gasteiger partial charge >= 0.3 is 11.9 Å². The molecule has 3 N–H and O–H groups in total. The zero-order valence-corrected chi connectivity index (χ0v) is 11.9. The average Bonchev–Trinajstić information content (AvgIpc) is 2.44. The molecule has 0 bridgehead atoms. The second-order valence-electron chi connectivity index (χ2n) is 5.45. The van der Waals surface area contributed by atoms with E-state index in [0.29, 0.717) is 25.2 Å². The maximum absolute atomic E-state index is 11.6. The monoisotopic (exact) mass is 310 g/mol. The summed E-state index contributed by atoms with van der Waals surface area (Å²) in [4.78, 5) is 35.4. The van der Waals surface area contributed by atoms with Crippen LogP contribution in [-0.4, -0.2) is 49.8 Å². The van der Waals surface area contributed by atoms with Crippen LogP contribution in [0.25, 0.3) is 0 Å². The van der Waals surface area contributed by atoms with Gasteiger partial charge in [0.2, 0.25) is 5.43 Å². The number of pyridine rings is 1. The first-order valence-corrected chi connectivity index (χ1v) is 6.96. The van der Waals surface area contributed by atoms with Crippen LogP contribution in [0.3, 0.4) is 0 Å². The number of aromatic nitrogens is 1. The molecule has 0 saturated carbocycles. The lowest BCUT2D eigenvalue weighted by atomic mass is 9.98. The van der Waals surface area contributed by atoms with Gasteiger partial charge in [0.1, 0.15) is 6.54 Å². The molecule has 1 aliphatic rings. The molecular formula is C14H18N2O6. The van der Waals surface area contributed by atoms with Crippen LogP contribution < -0.4 is 5.43 Å². The Hall–Kier alpha value is -2.35. The zero-order valence-electron chi connectivity index (χ0n) is 11.9. The highest BCUT2D eigenvalue weighted by Gasteiger charge is 2.26. The third-order valence-corrected chi connectivity index (χ3v) is 3.74. The number of rotatable bonds is 5. The van der Waals surface area contributed by atoms with Gasteiger partial charge in [-0.3, -0.25) is 19.3 Å². The Morgan fingerprint density at radius 1 is 1.32 bits per heavy atom. The lowest BCUT2D eigenvalue weighted by Crippen LogP contribution is -2.39. The summed E-state index contributed by atoms with van der Waals surface area (Å²) in [5.74, 6) is -2.90. The molecule has 0 amide bonds. The molecule has 0 aromatic carbocycles. The van der Waals surface area contributed by atoms with Crippen molar-refractivity contribution in [3.63, 3.8) is 0 Å². The summed E-state index contributed by atoms with van der Waals surface area (Å²) in [6, 6.07) is 1.20. The Labute approximate surface area is 126 Å². The fourth-order valence-electron chi connectivity index (χ4n) is 2.66. The van der Waals surface area contributed by atoms with E-state index in [2.05, 4.69) is 0 Å². The highest BCUT2D eigenvalue weighted by molar-refractivity contribution is 5.70. The van der Waals surface area contributed by atoms with Gasteiger partial charge in [0, 0.05) is 24.8 Å². The third-order valence-electron chi connectivity index (χ3n) is 3.74. The van der Waals surface area contributed by atoms with Crippen LogP contribution in [0.1, 0.15) is 18.5 Å². The van der Waals surface area contributed by atoms with Crippen molar-refractivity contribution in [1.82, 2.24) is 9.47 Å². The highest BCUT2D eigenvalue weighted by atomic mass is 16.4. The van der Waals surface area contributed by atoms with E-state index in [1.807, 2.05) is 4.90 Å². The smallest absolute Gasteiger partial charge is 0.323 e. The predicted molar refractivity (Wildman–Crippen MR) is 75.6 cm³/mol. The van der Waals surface area contributed by atoms with Crippen molar-refractivity contribution in [2.75, 3.05) is 13.1 Å². The first-order valence-electron chi connectivity index (χ1n) is 6.96. The van der Waals surface area contributed by atoms with Crippen LogP contribution in [0.4, 0.5) is 0 Å². The van der Waals surface area contributed by atoms with E-state index in [1.54, 1.807) is 0 Å². The number of likely N-dealkylation sites (tertiary alicyclic amines) is 1. The molecule has 1 aliphatic heterocycles. The number of hydrogen-bond donors (Lipinski definition) is 3. The molecule has 22 heavy (non-hydrogen) atoms. The van der Waals surface area contributed by atoms with Gasteiger partial charge in [0.05, 0.1) is 12.1 Å². The molecule has 1 aromatic heterocycles. The van der Waals surface area contributed by atoms with E-state index in [9.17, 15) is 19.5 Å². The maximum Gasteiger partial charge on any atom is 0.323 e. The fourth-order valence-corrected chi connectivity index (χ4v) is 2.66. The third kappa shape index (κ3) is 3.85. The lowest BCUT2D eigenvalue weighted by molar-refractivity contribution is -0.143. The van der Waals surface area contributed by atoms with Crippen molar-refractivity contribution < 1.29 is 24.9 Å². The molecule has 1 unspecified atom stereocenters. The van der Waals surface area contributed by atoms with Gasteiger partial charge in [-0.2, -0.15) is 0 Å². The maximum atomic E-state index is 11.6. The number of carboxylic acids is 2. The summed E-state index contributed by atoms with van der Waals surface area (Å²) >= 11 is 0. The van der Waals surface area contributed by atoms with Gasteiger partial charge in [-0.15, -0.1) is 0 Å². The minimum absolute atomic E-state index is 0.270. The molecule has 0 spiro atoms. The normalized spacial score (nSPS) is 19.0. The van der Waals surface area contributed by atoms with Gasteiger partial charge in [0.15, 0.2) is 5.75 Å². The Bertz CT molecular complexity index is 639. The first-order chi connectivity index (χ1) is 10.4. The Morgan fingerprint density at radius 3 is 2.68 bits per heavy atom. The summed E-state index contributed by atoms with van der Waals surface area (Å²) < 4.78 is 1.30. The average molecular weight is 310 g/mol. The van der Waals surface area contributed by atoms with Crippen molar-refractivity contribution in [3.8, 4) is 5.75 Å². The van der Waals surface area contributed by atoms with Gasteiger partial charge in [-0.05, 0) is 19.4 Å². The standard InChI is InChI=1S/C14H18N2O6/c17-11-4-10(16(7-12(11)18)8-13(19)20)6-15-3-1-2-9(5-15)14(21)22/h4,7,9,18H,1-3,5-6,8H2,(H,19,20)(H,21,22). The molecule has 0 radical (unpaired) electrons. The van der Waals surface area contributed by atoms with Crippen molar-refractivity contribution in [3.05, 3.63) is 28.2 Å². The van der Waals surface area contributed by atoms with Gasteiger partial charge in [-0.25, -0.2) is 0 Å². The van der Waals surface area contributed by atoms with Crippen LogP contribution in [0, 0.1) is 5.92 Å². The molecule has 2 rings (SSSR count). The van der Waals surface area contributed by atoms with Crippen LogP contribution in [0.15, 0.2) is 17.1 Å². The lowest BCUT2D eigenvalue weighted by Gasteiger charge is -2.31. The van der Waals surface area contributed by atoms with E-state index in [0.717, 1.165) is 12.6 Å². The van der Waals surface area contributed by atoms with E-state index in [-0.39, 0.29) is 13.1 Å². The molecule has 1 atom stereocenters. The van der Waals surface area contributed by atoms with Crippen LogP contribution in [-0.2, 0) is 22.7 Å². The zero-order chi connectivity index (χ0) is 16.3. The van der Waals surface area contributed by atoms with E-state index in [4.69, 9.17) is 10.2 Å². The van der Waals surface area contributed by atoms with Crippen LogP contribution in [0.2, 0.25) is 0 Å². The number of carboxylic acid groups (broad SMARTS) is 2. The molecule has 1 saturated heterocycles. The minimum atomic E-state index is -1.09. The molecular weight excluding hydrogens is 292 g/mol. The highest BCUT2D eigenvalue weighted by Crippen LogP contribution is 2.19. The fraction of sp³-hybridized carbons (Fsp3) is 0.500. The van der Waals surface area contributed by atoms with E-state index < -0.39 is 29.0 Å². The van der Waals surface area contributed by atoms with Crippen LogP contribution >= 0.6 is 0 Å². The quantitative estimate of drug-likeness (QED) is 0.696. The second kappa shape index (κ2) is 6.61. The summed E-state index contributed by atoms with van der Waals surface area (Å²) in [6.07, 6.45) is 2.45. The van der Waals surface area contributed by atoms with Crippen molar-refractivity contribution in [2.45, 2.75) is 25.9 Å². The van der Waals surface area contributed by atoms with E-state index in [1.165, 1.54) is 10.6 Å². The van der Waals surface area contributed by atoms with Crippen molar-refractivity contribution in [2.24, 2.45) is 5.92 Å². The van der Waals surface area contributed by atoms with E-state index >= 15 is 0 Å². The molecule has 1 aromatic rings. The minimum Gasteiger partial charge on any atom is -0.503 e. The number of carbonyl (C=O) groups is 2. The number of piperidine rings is 1. The molecule has 8 nitrogen and oxygen atoms in total. The number of nitrogens with zero attached hydrogens (tertiary/aromatic N) is 2. The molecule has 0 aliphatic carbocycles. The molecule has 120 valence electrons. The number of aromatic hydroxyl groups is 1. The number of hydrogen-bond acceptors (Lipinski definition) is 5. The Balaban J connectivity index is 2.20. The van der Waals surface area contributed by atoms with Gasteiger partial charge in [0.25, 0.3) is 0 Å². The molecule has 2 heterocycles. The first kappa shape index (κ1) is 16.0.